The van der Waals surface area contributed by atoms with Crippen molar-refractivity contribution in [3.05, 3.63) is 23.0 Å². The number of carboxylic acids is 1. The van der Waals surface area contributed by atoms with E-state index >= 15 is 0 Å². The van der Waals surface area contributed by atoms with Crippen LogP contribution >= 0.6 is 24.2 Å². The zero-order chi connectivity index (χ0) is 27.7. The maximum Gasteiger partial charge on any atom is 0.350 e. The van der Waals surface area contributed by atoms with Gasteiger partial charge >= 0.3 is 5.97 Å². The average molecular weight is 578 g/mol. The Balaban J connectivity index is 1.21. The zero-order valence-corrected chi connectivity index (χ0v) is 22.2. The van der Waals surface area contributed by atoms with Crippen molar-refractivity contribution in [2.24, 2.45) is 5.16 Å². The smallest absolute Gasteiger partial charge is 0.350 e. The third-order valence-electron chi connectivity index (χ3n) is 6.70. The van der Waals surface area contributed by atoms with Crippen LogP contribution in [0, 0.1) is 5.41 Å². The van der Waals surface area contributed by atoms with Gasteiger partial charge < -0.3 is 31.6 Å². The van der Waals surface area contributed by atoms with Crippen molar-refractivity contribution in [2.45, 2.75) is 68.9 Å². The zero-order valence-electron chi connectivity index (χ0n) is 20.5. The summed E-state index contributed by atoms with van der Waals surface area (Å²) in [5.41, 5.74) is 4.59. The Hall–Kier alpha value is -3.93. The summed E-state index contributed by atoms with van der Waals surface area (Å²) in [5, 5.41) is 40.0. The van der Waals surface area contributed by atoms with Crippen LogP contribution in [0.15, 0.2) is 16.7 Å². The number of rotatable bonds is 11. The van der Waals surface area contributed by atoms with Gasteiger partial charge in [0.05, 0.1) is 25.3 Å². The second kappa shape index (κ2) is 10.7. The standard InChI is InChI=1S/C21H27N11O5S2/c22-19(26-10-2-1-3-10)24-6-11-7-25-31(29-11)8-13-15(17(34)32(13)38)28-16(33)14(12-9-39-20(23)27-12)30-37-21(4-5-21)18(35)36/h7,9-10,13,15,38H,1-6,8H2,(H2,23,27)(H,28,33)(H,35,36)(H3,22,24,26)/b30-14-. The molecule has 2 amide bonds. The van der Waals surface area contributed by atoms with Crippen LogP contribution in [0.2, 0.25) is 0 Å². The number of nitrogens with zero attached hydrogens (tertiary/aromatic N) is 6. The van der Waals surface area contributed by atoms with Crippen LogP contribution in [0.25, 0.3) is 0 Å². The van der Waals surface area contributed by atoms with E-state index in [1.165, 1.54) is 20.9 Å². The number of hydrogen-bond acceptors (Lipinski definition) is 12. The minimum absolute atomic E-state index is 0.0884. The molecule has 0 bridgehead atoms. The molecule has 3 aliphatic rings. The first-order valence-corrected chi connectivity index (χ1v) is 13.4. The molecule has 18 heteroatoms. The minimum Gasteiger partial charge on any atom is -0.478 e. The molecule has 0 radical (unpaired) electrons. The van der Waals surface area contributed by atoms with Crippen LogP contribution in [-0.4, -0.2) is 82.6 Å². The number of anilines is 1. The number of nitrogens with one attached hydrogen (secondary N) is 4. The normalized spacial score (nSPS) is 21.9. The van der Waals surface area contributed by atoms with Crippen molar-refractivity contribution in [3.63, 3.8) is 0 Å². The highest BCUT2D eigenvalue weighted by Gasteiger charge is 2.55. The number of aliphatic carboxylic acids is 1. The number of hydrogen-bond donors (Lipinski definition) is 7. The number of guanidine groups is 1. The van der Waals surface area contributed by atoms with Crippen LogP contribution < -0.4 is 21.7 Å². The first-order valence-electron chi connectivity index (χ1n) is 12.2. The van der Waals surface area contributed by atoms with Gasteiger partial charge in [0.2, 0.25) is 5.60 Å². The number of nitrogens with two attached hydrogens (primary N) is 1. The van der Waals surface area contributed by atoms with Crippen molar-refractivity contribution in [1.29, 1.82) is 5.41 Å². The lowest BCUT2D eigenvalue weighted by Crippen LogP contribution is -2.69. The third-order valence-corrected chi connectivity index (χ3v) is 7.86. The number of carbonyl (C=O) groups is 3. The predicted molar refractivity (Wildman–Crippen MR) is 141 cm³/mol. The van der Waals surface area contributed by atoms with Gasteiger partial charge in [0.1, 0.15) is 17.4 Å². The number of carboxylic acid groups (broad SMARTS) is 1. The Morgan fingerprint density at radius 3 is 2.74 bits per heavy atom. The van der Waals surface area contributed by atoms with Crippen LogP contribution in [0.1, 0.15) is 43.5 Å². The molecule has 2 aromatic rings. The molecule has 7 N–H and O–H groups in total. The molecule has 1 aliphatic heterocycles. The van der Waals surface area contributed by atoms with E-state index in [1.54, 1.807) is 6.20 Å². The number of aromatic nitrogens is 4. The Morgan fingerprint density at radius 1 is 1.36 bits per heavy atom. The highest BCUT2D eigenvalue weighted by atomic mass is 32.1. The highest BCUT2D eigenvalue weighted by Crippen LogP contribution is 2.40. The largest absolute Gasteiger partial charge is 0.478 e. The van der Waals surface area contributed by atoms with Gasteiger partial charge in [-0.05, 0) is 19.3 Å². The van der Waals surface area contributed by atoms with Crippen LogP contribution in [0.5, 0.6) is 0 Å². The van der Waals surface area contributed by atoms with Gasteiger partial charge in [0, 0.05) is 24.3 Å². The number of carbonyl (C=O) groups excluding carboxylic acids is 2. The fourth-order valence-corrected chi connectivity index (χ4v) is 4.81. The number of β-lactam (4-membered cyclic amide) rings is 1. The van der Waals surface area contributed by atoms with E-state index in [0.29, 0.717) is 18.3 Å². The lowest BCUT2D eigenvalue weighted by molar-refractivity contribution is -0.153. The SMILES string of the molecule is N=C(NCc1cnn(CC2C(NC(=O)/C(=N\OC3(C(=O)O)CC3)c3csc(N)n3)C(=O)N2S)n1)NC1CCC1. The van der Waals surface area contributed by atoms with Gasteiger partial charge in [-0.15, -0.1) is 11.3 Å². The Kier molecular flexibility index (Phi) is 7.30. The minimum atomic E-state index is -1.48. The topological polar surface area (TPSA) is 226 Å². The first-order chi connectivity index (χ1) is 18.6. The summed E-state index contributed by atoms with van der Waals surface area (Å²) in [4.78, 5) is 47.8. The molecule has 2 aromatic heterocycles. The fourth-order valence-electron chi connectivity index (χ4n) is 3.93. The maximum atomic E-state index is 13.2. The van der Waals surface area contributed by atoms with E-state index in [4.69, 9.17) is 16.0 Å². The molecular formula is C21H27N11O5S2. The van der Waals surface area contributed by atoms with Crippen LogP contribution in [0.4, 0.5) is 5.13 Å². The van der Waals surface area contributed by atoms with Crippen molar-refractivity contribution in [3.8, 4) is 0 Å². The summed E-state index contributed by atoms with van der Waals surface area (Å²) in [5.74, 6) is -2.20. The molecule has 2 atom stereocenters. The van der Waals surface area contributed by atoms with E-state index in [-0.39, 0.29) is 41.9 Å². The Labute approximate surface area is 231 Å². The van der Waals surface area contributed by atoms with Crippen molar-refractivity contribution in [1.82, 2.24) is 40.2 Å². The van der Waals surface area contributed by atoms with Gasteiger partial charge in [0.25, 0.3) is 11.8 Å². The molecule has 1 saturated heterocycles. The number of thiazole rings is 1. The van der Waals surface area contributed by atoms with Gasteiger partial charge in [-0.3, -0.25) is 19.3 Å². The van der Waals surface area contributed by atoms with Gasteiger partial charge in [0.15, 0.2) is 16.8 Å². The highest BCUT2D eigenvalue weighted by molar-refractivity contribution is 7.78. The monoisotopic (exact) mass is 577 g/mol. The molecule has 208 valence electrons. The van der Waals surface area contributed by atoms with E-state index in [9.17, 15) is 19.5 Å². The Bertz CT molecular complexity index is 1320. The molecule has 0 spiro atoms. The van der Waals surface area contributed by atoms with Crippen molar-refractivity contribution < 1.29 is 24.3 Å². The summed E-state index contributed by atoms with van der Waals surface area (Å²) in [6.07, 6.45) is 5.33. The number of oxime groups is 1. The van der Waals surface area contributed by atoms with Gasteiger partial charge in [-0.1, -0.05) is 18.0 Å². The quantitative estimate of drug-likeness (QED) is 0.0567. The van der Waals surface area contributed by atoms with E-state index < -0.39 is 35.5 Å². The second-order valence-corrected chi connectivity index (χ2v) is 10.8. The second-order valence-electron chi connectivity index (χ2n) is 9.49. The van der Waals surface area contributed by atoms with Crippen LogP contribution in [-0.2, 0) is 32.3 Å². The molecule has 16 nitrogen and oxygen atoms in total. The fraction of sp³-hybridized carbons (Fsp3) is 0.524. The molecule has 5 rings (SSSR count). The predicted octanol–water partition coefficient (Wildman–Crippen LogP) is -0.938. The summed E-state index contributed by atoms with van der Waals surface area (Å²) >= 11 is 5.28. The van der Waals surface area contributed by atoms with E-state index in [0.717, 1.165) is 24.2 Å². The maximum absolute atomic E-state index is 13.2. The molecular weight excluding hydrogens is 550 g/mol. The molecule has 3 heterocycles. The van der Waals surface area contributed by atoms with E-state index in [1.807, 2.05) is 0 Å². The first kappa shape index (κ1) is 26.7. The third kappa shape index (κ3) is 5.75. The molecule has 0 aromatic carbocycles. The van der Waals surface area contributed by atoms with Gasteiger partial charge in [-0.2, -0.15) is 15.0 Å². The number of nitrogen functional groups attached to an aromatic ring is 1. The number of thiol groups is 1. The number of amides is 2. The summed E-state index contributed by atoms with van der Waals surface area (Å²) < 4.78 is 1.17. The summed E-state index contributed by atoms with van der Waals surface area (Å²) in [7, 11) is 0. The molecule has 2 unspecified atom stereocenters. The van der Waals surface area contributed by atoms with E-state index in [2.05, 4.69) is 49.1 Å². The molecule has 2 aliphatic carbocycles. The van der Waals surface area contributed by atoms with Gasteiger partial charge in [-0.25, -0.2) is 9.78 Å². The molecule has 39 heavy (non-hydrogen) atoms. The summed E-state index contributed by atoms with van der Waals surface area (Å²) in [6.45, 7) is 0.425. The lowest BCUT2D eigenvalue weighted by Gasteiger charge is -2.43. The van der Waals surface area contributed by atoms with Crippen molar-refractivity contribution >= 4 is 58.7 Å². The van der Waals surface area contributed by atoms with Crippen LogP contribution in [0.3, 0.4) is 0 Å². The van der Waals surface area contributed by atoms with Crippen molar-refractivity contribution in [2.75, 3.05) is 5.73 Å². The molecule has 2 saturated carbocycles. The average Bonchev–Trinajstić information content (AvgIpc) is 3.35. The Morgan fingerprint density at radius 2 is 2.13 bits per heavy atom. The summed E-state index contributed by atoms with van der Waals surface area (Å²) in [6, 6.07) is -1.23. The lowest BCUT2D eigenvalue weighted by atomic mass is 9.93. The molecule has 3 fully saturated rings.